The van der Waals surface area contributed by atoms with Gasteiger partial charge in [-0.3, -0.25) is 19.3 Å². The number of piperidine rings is 1. The largest absolute Gasteiger partial charge is 0.366 e. The van der Waals surface area contributed by atoms with Gasteiger partial charge in [0.05, 0.1) is 6.54 Å². The lowest BCUT2D eigenvalue weighted by Crippen LogP contribution is -2.53. The Hall–Kier alpha value is -2.41. The van der Waals surface area contributed by atoms with E-state index in [9.17, 15) is 14.4 Å². The van der Waals surface area contributed by atoms with E-state index in [1.807, 2.05) is 4.90 Å². The fourth-order valence-corrected chi connectivity index (χ4v) is 3.85. The topological polar surface area (TPSA) is 87.0 Å². The highest BCUT2D eigenvalue weighted by molar-refractivity contribution is 5.99. The quantitative estimate of drug-likeness (QED) is 0.852. The van der Waals surface area contributed by atoms with Crippen LogP contribution in [0, 0.1) is 0 Å². The van der Waals surface area contributed by atoms with Crippen LogP contribution in [-0.2, 0) is 4.79 Å². The van der Waals surface area contributed by atoms with Gasteiger partial charge in [-0.1, -0.05) is 6.07 Å². The number of likely N-dealkylation sites (tertiary alicyclic amines) is 1. The molecular formula is C20H28N4O3. The Morgan fingerprint density at radius 2 is 1.74 bits per heavy atom. The van der Waals surface area contributed by atoms with Gasteiger partial charge in [0.25, 0.3) is 5.91 Å². The number of rotatable bonds is 4. The van der Waals surface area contributed by atoms with Crippen LogP contribution in [0.4, 0.5) is 0 Å². The molecule has 0 aromatic heterocycles. The standard InChI is InChI=1S/C20H28N4O3/c1-15-5-2-3-8-24(15)18(25)14-22-9-11-23(12-10-22)20(27)17-7-4-6-16(13-17)19(21)26/h4,6-7,13,15H,2-3,5,8-12,14H2,1H3,(H2,21,26). The van der Waals surface area contributed by atoms with Gasteiger partial charge in [-0.25, -0.2) is 0 Å². The van der Waals surface area contributed by atoms with E-state index in [-0.39, 0.29) is 11.8 Å². The van der Waals surface area contributed by atoms with Crippen LogP contribution in [0.25, 0.3) is 0 Å². The molecule has 0 radical (unpaired) electrons. The van der Waals surface area contributed by atoms with Gasteiger partial charge < -0.3 is 15.5 Å². The summed E-state index contributed by atoms with van der Waals surface area (Å²) in [6.07, 6.45) is 3.36. The monoisotopic (exact) mass is 372 g/mol. The number of carbonyl (C=O) groups excluding carboxylic acids is 3. The molecule has 2 aliphatic rings. The summed E-state index contributed by atoms with van der Waals surface area (Å²) in [5.74, 6) is -0.454. The van der Waals surface area contributed by atoms with Gasteiger partial charge in [-0.2, -0.15) is 0 Å². The first-order valence-electron chi connectivity index (χ1n) is 9.66. The van der Waals surface area contributed by atoms with E-state index in [1.54, 1.807) is 23.1 Å². The molecule has 2 saturated heterocycles. The van der Waals surface area contributed by atoms with E-state index in [0.717, 1.165) is 19.4 Å². The van der Waals surface area contributed by atoms with Gasteiger partial charge in [0.15, 0.2) is 0 Å². The molecule has 3 rings (SSSR count). The summed E-state index contributed by atoms with van der Waals surface area (Å²) in [7, 11) is 0. The van der Waals surface area contributed by atoms with Crippen molar-refractivity contribution in [3.63, 3.8) is 0 Å². The van der Waals surface area contributed by atoms with Crippen molar-refractivity contribution >= 4 is 17.7 Å². The molecule has 2 aliphatic heterocycles. The number of hydrogen-bond acceptors (Lipinski definition) is 4. The summed E-state index contributed by atoms with van der Waals surface area (Å²) in [4.78, 5) is 42.4. The number of nitrogens with zero attached hydrogens (tertiary/aromatic N) is 3. The minimum absolute atomic E-state index is 0.103. The minimum Gasteiger partial charge on any atom is -0.366 e. The van der Waals surface area contributed by atoms with Crippen LogP contribution in [-0.4, -0.2) is 77.7 Å². The molecule has 1 aromatic carbocycles. The SMILES string of the molecule is CC1CCCCN1C(=O)CN1CCN(C(=O)c2cccc(C(N)=O)c2)CC1. The normalized spacial score (nSPS) is 21.1. The van der Waals surface area contributed by atoms with Crippen LogP contribution in [0.1, 0.15) is 46.9 Å². The van der Waals surface area contributed by atoms with Crippen LogP contribution in [0.15, 0.2) is 24.3 Å². The molecule has 7 heteroatoms. The summed E-state index contributed by atoms with van der Waals surface area (Å²) in [5.41, 5.74) is 6.09. The second-order valence-electron chi connectivity index (χ2n) is 7.45. The highest BCUT2D eigenvalue weighted by atomic mass is 16.2. The van der Waals surface area contributed by atoms with Crippen LogP contribution in [0.3, 0.4) is 0 Å². The van der Waals surface area contributed by atoms with Gasteiger partial charge in [-0.15, -0.1) is 0 Å². The first-order chi connectivity index (χ1) is 13.0. The maximum absolute atomic E-state index is 12.7. The van der Waals surface area contributed by atoms with Crippen LogP contribution in [0.2, 0.25) is 0 Å². The molecule has 1 unspecified atom stereocenters. The molecule has 27 heavy (non-hydrogen) atoms. The third kappa shape index (κ3) is 4.66. The zero-order chi connectivity index (χ0) is 19.4. The van der Waals surface area contributed by atoms with Crippen molar-refractivity contribution in [1.82, 2.24) is 14.7 Å². The number of benzene rings is 1. The molecular weight excluding hydrogens is 344 g/mol. The molecule has 1 atom stereocenters. The third-order valence-corrected chi connectivity index (χ3v) is 5.54. The van der Waals surface area contributed by atoms with E-state index in [2.05, 4.69) is 11.8 Å². The average Bonchev–Trinajstić information content (AvgIpc) is 2.68. The van der Waals surface area contributed by atoms with Crippen LogP contribution in [0.5, 0.6) is 0 Å². The van der Waals surface area contributed by atoms with E-state index in [0.29, 0.717) is 49.9 Å². The van der Waals surface area contributed by atoms with Crippen LogP contribution < -0.4 is 5.73 Å². The highest BCUT2D eigenvalue weighted by Crippen LogP contribution is 2.17. The van der Waals surface area contributed by atoms with E-state index in [4.69, 9.17) is 5.73 Å². The number of nitrogens with two attached hydrogens (primary N) is 1. The van der Waals surface area contributed by atoms with Gasteiger partial charge in [0.1, 0.15) is 0 Å². The summed E-state index contributed by atoms with van der Waals surface area (Å²) < 4.78 is 0. The van der Waals surface area contributed by atoms with Crippen molar-refractivity contribution in [1.29, 1.82) is 0 Å². The molecule has 0 spiro atoms. The molecule has 2 N–H and O–H groups in total. The Morgan fingerprint density at radius 1 is 1.04 bits per heavy atom. The lowest BCUT2D eigenvalue weighted by atomic mass is 10.0. The minimum atomic E-state index is -0.542. The lowest BCUT2D eigenvalue weighted by Gasteiger charge is -2.38. The maximum Gasteiger partial charge on any atom is 0.253 e. The first kappa shape index (κ1) is 19.4. The molecule has 2 fully saturated rings. The van der Waals surface area contributed by atoms with Gasteiger partial charge in [0.2, 0.25) is 11.8 Å². The molecule has 2 heterocycles. The molecule has 1 aromatic rings. The van der Waals surface area contributed by atoms with Crippen molar-refractivity contribution in [2.24, 2.45) is 5.73 Å². The number of carbonyl (C=O) groups is 3. The summed E-state index contributed by atoms with van der Waals surface area (Å²) in [5, 5.41) is 0. The van der Waals surface area contributed by atoms with Gasteiger partial charge in [-0.05, 0) is 44.4 Å². The number of amides is 3. The molecule has 3 amide bonds. The smallest absolute Gasteiger partial charge is 0.253 e. The maximum atomic E-state index is 12.7. The number of primary amides is 1. The Labute approximate surface area is 160 Å². The Balaban J connectivity index is 1.52. The summed E-state index contributed by atoms with van der Waals surface area (Å²) >= 11 is 0. The summed E-state index contributed by atoms with van der Waals surface area (Å²) in [6, 6.07) is 6.83. The first-order valence-corrected chi connectivity index (χ1v) is 9.66. The third-order valence-electron chi connectivity index (χ3n) is 5.54. The number of hydrogen-bond donors (Lipinski definition) is 1. The van der Waals surface area contributed by atoms with Crippen molar-refractivity contribution in [2.75, 3.05) is 39.3 Å². The fourth-order valence-electron chi connectivity index (χ4n) is 3.85. The zero-order valence-electron chi connectivity index (χ0n) is 15.9. The Bertz CT molecular complexity index is 713. The van der Waals surface area contributed by atoms with E-state index >= 15 is 0 Å². The molecule has 0 aliphatic carbocycles. The Kier molecular flexibility index (Phi) is 6.11. The zero-order valence-corrected chi connectivity index (χ0v) is 15.9. The molecule has 146 valence electrons. The van der Waals surface area contributed by atoms with Crippen molar-refractivity contribution < 1.29 is 14.4 Å². The Morgan fingerprint density at radius 3 is 2.41 bits per heavy atom. The van der Waals surface area contributed by atoms with Crippen molar-refractivity contribution in [3.05, 3.63) is 35.4 Å². The lowest BCUT2D eigenvalue weighted by molar-refractivity contribution is -0.136. The van der Waals surface area contributed by atoms with Gasteiger partial charge >= 0.3 is 0 Å². The van der Waals surface area contributed by atoms with Gasteiger partial charge in [0, 0.05) is 49.9 Å². The predicted octanol–water partition coefficient (Wildman–Crippen LogP) is 0.944. The number of piperazine rings is 1. The average molecular weight is 372 g/mol. The van der Waals surface area contributed by atoms with Crippen LogP contribution >= 0.6 is 0 Å². The molecule has 0 saturated carbocycles. The molecule has 7 nitrogen and oxygen atoms in total. The second-order valence-corrected chi connectivity index (χ2v) is 7.45. The predicted molar refractivity (Wildman–Crippen MR) is 102 cm³/mol. The molecule has 0 bridgehead atoms. The van der Waals surface area contributed by atoms with Crippen molar-refractivity contribution in [2.45, 2.75) is 32.2 Å². The summed E-state index contributed by atoms with van der Waals surface area (Å²) in [6.45, 7) is 5.89. The van der Waals surface area contributed by atoms with E-state index in [1.165, 1.54) is 12.5 Å². The fraction of sp³-hybridized carbons (Fsp3) is 0.550. The highest BCUT2D eigenvalue weighted by Gasteiger charge is 2.27. The van der Waals surface area contributed by atoms with Crippen molar-refractivity contribution in [3.8, 4) is 0 Å². The van der Waals surface area contributed by atoms with E-state index < -0.39 is 5.91 Å². The second kappa shape index (κ2) is 8.52.